The largest absolute Gasteiger partial charge is 0.271 e. The van der Waals surface area contributed by atoms with E-state index < -0.39 is 5.82 Å². The van der Waals surface area contributed by atoms with Crippen molar-refractivity contribution in [3.63, 3.8) is 0 Å². The van der Waals surface area contributed by atoms with E-state index in [1.54, 1.807) is 36.4 Å². The zero-order valence-corrected chi connectivity index (χ0v) is 10.6. The maximum absolute atomic E-state index is 13.4. The lowest BCUT2D eigenvalue weighted by molar-refractivity contribution is 0.0955. The first-order valence-corrected chi connectivity index (χ1v) is 5.89. The van der Waals surface area contributed by atoms with Gasteiger partial charge in [-0.2, -0.15) is 5.10 Å². The Hall–Kier alpha value is -2.20. The van der Waals surface area contributed by atoms with E-state index in [-0.39, 0.29) is 16.5 Å². The fourth-order valence-corrected chi connectivity index (χ4v) is 1.66. The Morgan fingerprint density at radius 1 is 1.16 bits per heavy atom. The zero-order chi connectivity index (χ0) is 13.7. The van der Waals surface area contributed by atoms with Crippen molar-refractivity contribution in [2.75, 3.05) is 0 Å². The van der Waals surface area contributed by atoms with E-state index in [1.807, 2.05) is 0 Å². The number of benzene rings is 2. The molecule has 0 radical (unpaired) electrons. The first-order valence-electron chi connectivity index (χ1n) is 5.51. The second-order valence-corrected chi connectivity index (χ2v) is 4.11. The summed E-state index contributed by atoms with van der Waals surface area (Å²) in [6.07, 6.45) is 1.18. The predicted octanol–water partition coefficient (Wildman–Crippen LogP) is 3.24. The molecule has 2 aromatic carbocycles. The second-order valence-electron chi connectivity index (χ2n) is 3.70. The number of halogens is 2. The molecule has 0 atom stereocenters. The van der Waals surface area contributed by atoms with Gasteiger partial charge in [-0.1, -0.05) is 35.9 Å². The molecule has 0 heterocycles. The van der Waals surface area contributed by atoms with Crippen molar-refractivity contribution in [3.8, 4) is 0 Å². The average molecular weight is 277 g/mol. The van der Waals surface area contributed by atoms with E-state index in [9.17, 15) is 9.18 Å². The quantitative estimate of drug-likeness (QED) is 0.679. The van der Waals surface area contributed by atoms with Crippen LogP contribution in [0.1, 0.15) is 15.9 Å². The van der Waals surface area contributed by atoms with Crippen molar-refractivity contribution in [1.29, 1.82) is 0 Å². The van der Waals surface area contributed by atoms with Crippen molar-refractivity contribution in [2.24, 2.45) is 5.10 Å². The van der Waals surface area contributed by atoms with Gasteiger partial charge in [-0.25, -0.2) is 9.82 Å². The smallest absolute Gasteiger partial charge is 0.267 e. The third-order valence-electron chi connectivity index (χ3n) is 2.40. The molecule has 1 N–H and O–H groups in total. The number of amides is 1. The molecule has 5 heteroatoms. The van der Waals surface area contributed by atoms with Gasteiger partial charge in [0, 0.05) is 11.1 Å². The first kappa shape index (κ1) is 13.2. The van der Waals surface area contributed by atoms with Crippen LogP contribution in [-0.2, 0) is 0 Å². The number of hydrazone groups is 1. The van der Waals surface area contributed by atoms with Crippen LogP contribution < -0.4 is 5.43 Å². The highest BCUT2D eigenvalue weighted by Crippen LogP contribution is 2.16. The van der Waals surface area contributed by atoms with Gasteiger partial charge in [-0.3, -0.25) is 4.79 Å². The SMILES string of the molecule is O=C(NN=Cc1c(F)cccc1Cl)c1ccccc1. The lowest BCUT2D eigenvalue weighted by Crippen LogP contribution is -2.17. The molecule has 0 spiro atoms. The van der Waals surface area contributed by atoms with Crippen LogP contribution in [0.15, 0.2) is 53.6 Å². The number of carbonyl (C=O) groups is 1. The highest BCUT2D eigenvalue weighted by molar-refractivity contribution is 6.33. The standard InChI is InChI=1S/C14H10ClFN2O/c15-12-7-4-8-13(16)11(12)9-17-18-14(19)10-5-2-1-3-6-10/h1-9H,(H,18,19). The maximum atomic E-state index is 13.4. The van der Waals surface area contributed by atoms with Crippen LogP contribution in [0.5, 0.6) is 0 Å². The number of rotatable bonds is 3. The summed E-state index contributed by atoms with van der Waals surface area (Å²) >= 11 is 5.82. The van der Waals surface area contributed by atoms with Gasteiger partial charge >= 0.3 is 0 Å². The highest BCUT2D eigenvalue weighted by atomic mass is 35.5. The zero-order valence-electron chi connectivity index (χ0n) is 9.81. The molecule has 0 aliphatic carbocycles. The minimum Gasteiger partial charge on any atom is -0.267 e. The Morgan fingerprint density at radius 2 is 1.89 bits per heavy atom. The number of carbonyl (C=O) groups excluding carboxylic acids is 1. The number of hydrogen-bond donors (Lipinski definition) is 1. The third-order valence-corrected chi connectivity index (χ3v) is 2.73. The Morgan fingerprint density at radius 3 is 2.58 bits per heavy atom. The molecule has 3 nitrogen and oxygen atoms in total. The Kier molecular flexibility index (Phi) is 4.26. The average Bonchev–Trinajstić information content (AvgIpc) is 2.43. The van der Waals surface area contributed by atoms with Gasteiger partial charge < -0.3 is 0 Å². The van der Waals surface area contributed by atoms with Gasteiger partial charge in [0.25, 0.3) is 5.91 Å². The van der Waals surface area contributed by atoms with Crippen LogP contribution in [0.25, 0.3) is 0 Å². The minimum absolute atomic E-state index is 0.137. The molecule has 0 fully saturated rings. The number of nitrogens with one attached hydrogen (secondary N) is 1. The summed E-state index contributed by atoms with van der Waals surface area (Å²) in [5.74, 6) is -0.866. The van der Waals surface area contributed by atoms with Crippen molar-refractivity contribution < 1.29 is 9.18 Å². The summed E-state index contributed by atoms with van der Waals surface area (Å²) in [6, 6.07) is 12.9. The lowest BCUT2D eigenvalue weighted by atomic mass is 10.2. The van der Waals surface area contributed by atoms with Gasteiger partial charge in [-0.15, -0.1) is 0 Å². The normalized spacial score (nSPS) is 10.6. The molecule has 0 bridgehead atoms. The summed E-state index contributed by atoms with van der Waals surface area (Å²) in [6.45, 7) is 0. The van der Waals surface area contributed by atoms with E-state index in [0.717, 1.165) is 0 Å². The summed E-state index contributed by atoms with van der Waals surface area (Å²) in [5, 5.41) is 3.92. The summed E-state index contributed by atoms with van der Waals surface area (Å²) in [4.78, 5) is 11.7. The van der Waals surface area contributed by atoms with Crippen LogP contribution >= 0.6 is 11.6 Å². The van der Waals surface area contributed by atoms with Gasteiger partial charge in [0.15, 0.2) is 0 Å². The van der Waals surface area contributed by atoms with Crippen molar-refractivity contribution in [2.45, 2.75) is 0 Å². The Balaban J connectivity index is 2.07. The molecule has 0 saturated carbocycles. The number of hydrogen-bond acceptors (Lipinski definition) is 2. The van der Waals surface area contributed by atoms with E-state index in [0.29, 0.717) is 5.56 Å². The van der Waals surface area contributed by atoms with Gasteiger partial charge in [0.05, 0.1) is 11.2 Å². The van der Waals surface area contributed by atoms with Gasteiger partial charge in [0.2, 0.25) is 0 Å². The molecule has 96 valence electrons. The fraction of sp³-hybridized carbons (Fsp3) is 0. The molecule has 19 heavy (non-hydrogen) atoms. The van der Waals surface area contributed by atoms with Crippen LogP contribution in [0.4, 0.5) is 4.39 Å². The summed E-state index contributed by atoms with van der Waals surface area (Å²) < 4.78 is 13.4. The molecule has 1 amide bonds. The van der Waals surface area contributed by atoms with E-state index >= 15 is 0 Å². The van der Waals surface area contributed by atoms with Crippen LogP contribution in [0.2, 0.25) is 5.02 Å². The molecule has 0 aromatic heterocycles. The summed E-state index contributed by atoms with van der Waals surface area (Å²) in [7, 11) is 0. The Bertz CT molecular complexity index is 594. The molecule has 0 unspecified atom stereocenters. The molecular weight excluding hydrogens is 267 g/mol. The van der Waals surface area contributed by atoms with E-state index in [2.05, 4.69) is 10.5 Å². The van der Waals surface area contributed by atoms with Crippen LogP contribution in [0, 0.1) is 5.82 Å². The molecular formula is C14H10ClFN2O. The lowest BCUT2D eigenvalue weighted by Gasteiger charge is -2.00. The predicted molar refractivity (Wildman–Crippen MR) is 72.9 cm³/mol. The molecule has 2 rings (SSSR count). The first-order chi connectivity index (χ1) is 9.18. The van der Waals surface area contributed by atoms with Crippen LogP contribution in [0.3, 0.4) is 0 Å². The molecule has 0 aliphatic rings. The fourth-order valence-electron chi connectivity index (χ4n) is 1.44. The van der Waals surface area contributed by atoms with Crippen LogP contribution in [-0.4, -0.2) is 12.1 Å². The molecule has 0 aliphatic heterocycles. The van der Waals surface area contributed by atoms with E-state index in [1.165, 1.54) is 18.3 Å². The van der Waals surface area contributed by atoms with Crippen molar-refractivity contribution in [1.82, 2.24) is 5.43 Å². The monoisotopic (exact) mass is 276 g/mol. The minimum atomic E-state index is -0.495. The van der Waals surface area contributed by atoms with Crippen molar-refractivity contribution in [3.05, 3.63) is 70.5 Å². The van der Waals surface area contributed by atoms with Gasteiger partial charge in [-0.05, 0) is 24.3 Å². The maximum Gasteiger partial charge on any atom is 0.271 e. The molecule has 2 aromatic rings. The second kappa shape index (κ2) is 6.11. The number of nitrogens with zero attached hydrogens (tertiary/aromatic N) is 1. The molecule has 0 saturated heterocycles. The summed E-state index contributed by atoms with van der Waals surface area (Å²) in [5.41, 5.74) is 2.92. The highest BCUT2D eigenvalue weighted by Gasteiger charge is 2.05. The van der Waals surface area contributed by atoms with Gasteiger partial charge in [0.1, 0.15) is 5.82 Å². The van der Waals surface area contributed by atoms with E-state index in [4.69, 9.17) is 11.6 Å². The third kappa shape index (κ3) is 3.39. The van der Waals surface area contributed by atoms with Crippen molar-refractivity contribution >= 4 is 23.7 Å². The topological polar surface area (TPSA) is 41.5 Å². The Labute approximate surface area is 114 Å².